The summed E-state index contributed by atoms with van der Waals surface area (Å²) >= 11 is 0. The average Bonchev–Trinajstić information content (AvgIpc) is 2.41. The molecule has 0 spiro atoms. The highest BCUT2D eigenvalue weighted by Gasteiger charge is 2.22. The van der Waals surface area contributed by atoms with E-state index in [2.05, 4.69) is 37.9 Å². The fourth-order valence-corrected chi connectivity index (χ4v) is 2.66. The van der Waals surface area contributed by atoms with Crippen LogP contribution in [0.25, 0.3) is 0 Å². The van der Waals surface area contributed by atoms with Crippen LogP contribution in [0.5, 0.6) is 0 Å². The minimum absolute atomic E-state index is 0.0302. The predicted octanol–water partition coefficient (Wildman–Crippen LogP) is 3.82. The van der Waals surface area contributed by atoms with E-state index in [1.807, 2.05) is 24.3 Å². The molecule has 0 unspecified atom stereocenters. The van der Waals surface area contributed by atoms with E-state index in [9.17, 15) is 4.39 Å². The van der Waals surface area contributed by atoms with E-state index < -0.39 is 0 Å². The molecule has 0 radical (unpaired) electrons. The monoisotopic (exact) mass is 286 g/mol. The number of anilines is 1. The number of benzene rings is 2. The first-order chi connectivity index (χ1) is 9.87. The third kappa shape index (κ3) is 4.30. The maximum absolute atomic E-state index is 12.9. The van der Waals surface area contributed by atoms with Crippen molar-refractivity contribution in [2.45, 2.75) is 25.8 Å². The second-order valence-electron chi connectivity index (χ2n) is 6.30. The summed E-state index contributed by atoms with van der Waals surface area (Å²) < 4.78 is 12.9. The van der Waals surface area contributed by atoms with Gasteiger partial charge in [0.1, 0.15) is 5.82 Å². The van der Waals surface area contributed by atoms with E-state index in [1.165, 1.54) is 17.7 Å². The second kappa shape index (κ2) is 6.27. The van der Waals surface area contributed by atoms with Crippen molar-refractivity contribution < 1.29 is 4.39 Å². The third-order valence-electron chi connectivity index (χ3n) is 3.72. The van der Waals surface area contributed by atoms with E-state index in [1.54, 1.807) is 0 Å². The summed E-state index contributed by atoms with van der Waals surface area (Å²) in [7, 11) is 2.09. The molecule has 2 aromatic rings. The average molecular weight is 286 g/mol. The Morgan fingerprint density at radius 3 is 2.14 bits per heavy atom. The molecule has 0 saturated heterocycles. The minimum atomic E-state index is -0.191. The van der Waals surface area contributed by atoms with Gasteiger partial charge in [0.25, 0.3) is 0 Å². The van der Waals surface area contributed by atoms with Crippen LogP contribution in [-0.2, 0) is 12.0 Å². The molecule has 21 heavy (non-hydrogen) atoms. The maximum atomic E-state index is 12.9. The molecular formula is C18H23FN2. The van der Waals surface area contributed by atoms with Crippen LogP contribution in [0, 0.1) is 5.82 Å². The van der Waals surface area contributed by atoms with Gasteiger partial charge in [-0.3, -0.25) is 0 Å². The molecule has 3 heteroatoms. The first kappa shape index (κ1) is 15.5. The largest absolute Gasteiger partial charge is 0.399 e. The lowest BCUT2D eigenvalue weighted by atomic mass is 9.84. The van der Waals surface area contributed by atoms with E-state index in [0.29, 0.717) is 0 Å². The number of nitrogens with two attached hydrogens (primary N) is 1. The molecule has 0 aromatic heterocycles. The van der Waals surface area contributed by atoms with E-state index >= 15 is 0 Å². The third-order valence-corrected chi connectivity index (χ3v) is 3.72. The Morgan fingerprint density at radius 1 is 1.00 bits per heavy atom. The fourth-order valence-electron chi connectivity index (χ4n) is 2.66. The van der Waals surface area contributed by atoms with E-state index in [0.717, 1.165) is 24.3 Å². The van der Waals surface area contributed by atoms with Crippen molar-refractivity contribution in [3.63, 3.8) is 0 Å². The number of halogens is 1. The SMILES string of the molecule is CN(Cc1ccc(F)cc1)CC(C)(C)c1ccc(N)cc1. The molecule has 2 N–H and O–H groups in total. The van der Waals surface area contributed by atoms with Gasteiger partial charge in [0, 0.05) is 24.2 Å². The first-order valence-corrected chi connectivity index (χ1v) is 7.16. The number of likely N-dealkylation sites (N-methyl/N-ethyl adjacent to an activating group) is 1. The van der Waals surface area contributed by atoms with Gasteiger partial charge < -0.3 is 10.6 Å². The van der Waals surface area contributed by atoms with Crippen LogP contribution in [0.1, 0.15) is 25.0 Å². The zero-order valence-corrected chi connectivity index (χ0v) is 12.9. The van der Waals surface area contributed by atoms with Gasteiger partial charge in [0.15, 0.2) is 0 Å². The van der Waals surface area contributed by atoms with Crippen LogP contribution in [-0.4, -0.2) is 18.5 Å². The summed E-state index contributed by atoms with van der Waals surface area (Å²) in [5.74, 6) is -0.191. The number of nitrogen functional groups attached to an aromatic ring is 1. The standard InChI is InChI=1S/C18H23FN2/c1-18(2,15-6-10-17(20)11-7-15)13-21(3)12-14-4-8-16(19)9-5-14/h4-11H,12-13,20H2,1-3H3. The van der Waals surface area contributed by atoms with E-state index in [-0.39, 0.29) is 11.2 Å². The van der Waals surface area contributed by atoms with Crippen molar-refractivity contribution in [3.8, 4) is 0 Å². The van der Waals surface area contributed by atoms with Gasteiger partial charge in [-0.05, 0) is 42.4 Å². The van der Waals surface area contributed by atoms with Crippen molar-refractivity contribution in [3.05, 3.63) is 65.5 Å². The van der Waals surface area contributed by atoms with Crippen LogP contribution in [0.4, 0.5) is 10.1 Å². The highest BCUT2D eigenvalue weighted by molar-refractivity contribution is 5.41. The summed E-state index contributed by atoms with van der Waals surface area (Å²) in [6, 6.07) is 14.7. The van der Waals surface area contributed by atoms with Crippen molar-refractivity contribution in [1.82, 2.24) is 4.90 Å². The normalized spacial score (nSPS) is 11.9. The van der Waals surface area contributed by atoms with Gasteiger partial charge >= 0.3 is 0 Å². The zero-order valence-electron chi connectivity index (χ0n) is 12.9. The quantitative estimate of drug-likeness (QED) is 0.847. The Kier molecular flexibility index (Phi) is 4.63. The topological polar surface area (TPSA) is 29.3 Å². The lowest BCUT2D eigenvalue weighted by Crippen LogP contribution is -2.34. The minimum Gasteiger partial charge on any atom is -0.399 e. The van der Waals surface area contributed by atoms with Crippen molar-refractivity contribution in [2.75, 3.05) is 19.3 Å². The Balaban J connectivity index is 2.01. The predicted molar refractivity (Wildman–Crippen MR) is 86.6 cm³/mol. The molecule has 0 aliphatic rings. The zero-order chi connectivity index (χ0) is 15.5. The lowest BCUT2D eigenvalue weighted by molar-refractivity contribution is 0.261. The highest BCUT2D eigenvalue weighted by atomic mass is 19.1. The summed E-state index contributed by atoms with van der Waals surface area (Å²) in [4.78, 5) is 2.25. The Hall–Kier alpha value is -1.87. The molecule has 2 rings (SSSR count). The molecule has 0 fully saturated rings. The van der Waals surface area contributed by atoms with Crippen molar-refractivity contribution >= 4 is 5.69 Å². The van der Waals surface area contributed by atoms with Gasteiger partial charge in [-0.25, -0.2) is 4.39 Å². The summed E-state index contributed by atoms with van der Waals surface area (Å²) in [5, 5.41) is 0. The van der Waals surface area contributed by atoms with Gasteiger partial charge in [-0.2, -0.15) is 0 Å². The fraction of sp³-hybridized carbons (Fsp3) is 0.333. The van der Waals surface area contributed by atoms with Crippen LogP contribution in [0.3, 0.4) is 0 Å². The molecule has 0 aliphatic carbocycles. The van der Waals surface area contributed by atoms with E-state index in [4.69, 9.17) is 5.73 Å². The van der Waals surface area contributed by atoms with Crippen LogP contribution < -0.4 is 5.73 Å². The molecule has 0 bridgehead atoms. The number of hydrogen-bond donors (Lipinski definition) is 1. The molecule has 0 atom stereocenters. The molecule has 0 heterocycles. The van der Waals surface area contributed by atoms with Crippen LogP contribution in [0.2, 0.25) is 0 Å². The number of rotatable bonds is 5. The Bertz CT molecular complexity index is 573. The van der Waals surface area contributed by atoms with Crippen LogP contribution in [0.15, 0.2) is 48.5 Å². The van der Waals surface area contributed by atoms with Gasteiger partial charge in [0.05, 0.1) is 0 Å². The van der Waals surface area contributed by atoms with Gasteiger partial charge in [-0.15, -0.1) is 0 Å². The molecular weight excluding hydrogens is 263 g/mol. The Morgan fingerprint density at radius 2 is 1.57 bits per heavy atom. The highest BCUT2D eigenvalue weighted by Crippen LogP contribution is 2.25. The number of nitrogens with zero attached hydrogens (tertiary/aromatic N) is 1. The molecule has 0 amide bonds. The number of hydrogen-bond acceptors (Lipinski definition) is 2. The van der Waals surface area contributed by atoms with Gasteiger partial charge in [0.2, 0.25) is 0 Å². The Labute approximate surface area is 126 Å². The molecule has 0 aliphatic heterocycles. The summed E-state index contributed by atoms with van der Waals surface area (Å²) in [6.07, 6.45) is 0. The molecule has 2 nitrogen and oxygen atoms in total. The summed E-state index contributed by atoms with van der Waals surface area (Å²) in [6.45, 7) is 6.16. The van der Waals surface area contributed by atoms with Gasteiger partial charge in [-0.1, -0.05) is 38.1 Å². The molecule has 112 valence electrons. The first-order valence-electron chi connectivity index (χ1n) is 7.16. The van der Waals surface area contributed by atoms with Crippen LogP contribution >= 0.6 is 0 Å². The summed E-state index contributed by atoms with van der Waals surface area (Å²) in [5.41, 5.74) is 8.95. The second-order valence-corrected chi connectivity index (χ2v) is 6.30. The maximum Gasteiger partial charge on any atom is 0.123 e. The lowest BCUT2D eigenvalue weighted by Gasteiger charge is -2.31. The molecule has 2 aromatic carbocycles. The van der Waals surface area contributed by atoms with Crippen molar-refractivity contribution in [2.24, 2.45) is 0 Å². The smallest absolute Gasteiger partial charge is 0.123 e. The molecule has 0 saturated carbocycles. The van der Waals surface area contributed by atoms with Crippen molar-refractivity contribution in [1.29, 1.82) is 0 Å².